The van der Waals surface area contributed by atoms with E-state index in [9.17, 15) is 4.79 Å². The SMILES string of the molecule is CCCCCCCC(=O)[N+](CC)(CC)CCCC. The molecule has 0 aliphatic heterocycles. The number of nitrogens with zero attached hydrogens (tertiary/aromatic N) is 1. The monoisotopic (exact) mass is 256 g/mol. The molecule has 0 bridgehead atoms. The molecule has 0 N–H and O–H groups in total. The largest absolute Gasteiger partial charge is 0.313 e. The average Bonchev–Trinajstić information content (AvgIpc) is 2.40. The molecule has 0 aromatic rings. The van der Waals surface area contributed by atoms with Gasteiger partial charge in [-0.2, -0.15) is 0 Å². The average molecular weight is 256 g/mol. The number of hydrogen-bond acceptors (Lipinski definition) is 1. The molecule has 0 heterocycles. The van der Waals surface area contributed by atoms with Gasteiger partial charge in [-0.05, 0) is 26.7 Å². The quantitative estimate of drug-likeness (QED) is 0.392. The van der Waals surface area contributed by atoms with Gasteiger partial charge < -0.3 is 0 Å². The first-order valence-corrected chi connectivity index (χ1v) is 8.06. The van der Waals surface area contributed by atoms with E-state index in [2.05, 4.69) is 27.7 Å². The summed E-state index contributed by atoms with van der Waals surface area (Å²) < 4.78 is 0.710. The van der Waals surface area contributed by atoms with E-state index in [-0.39, 0.29) is 0 Å². The fourth-order valence-corrected chi connectivity index (χ4v) is 2.59. The second-order valence-electron chi connectivity index (χ2n) is 5.41. The van der Waals surface area contributed by atoms with E-state index in [0.29, 0.717) is 10.4 Å². The van der Waals surface area contributed by atoms with Crippen molar-refractivity contribution in [1.29, 1.82) is 0 Å². The normalized spacial score (nSPS) is 11.8. The maximum atomic E-state index is 12.4. The van der Waals surface area contributed by atoms with Crippen molar-refractivity contribution >= 4 is 5.91 Å². The number of carbonyl (C=O) groups is 1. The van der Waals surface area contributed by atoms with Gasteiger partial charge in [-0.3, -0.25) is 4.48 Å². The summed E-state index contributed by atoms with van der Waals surface area (Å²) >= 11 is 0. The lowest BCUT2D eigenvalue weighted by Gasteiger charge is -2.34. The molecular formula is C16H34NO+. The molecule has 2 heteroatoms. The molecule has 2 nitrogen and oxygen atoms in total. The van der Waals surface area contributed by atoms with E-state index in [0.717, 1.165) is 32.5 Å². The topological polar surface area (TPSA) is 17.1 Å². The molecule has 0 unspecified atom stereocenters. The van der Waals surface area contributed by atoms with Crippen LogP contribution in [0.5, 0.6) is 0 Å². The van der Waals surface area contributed by atoms with Gasteiger partial charge in [0.15, 0.2) is 0 Å². The second kappa shape index (κ2) is 10.5. The molecule has 0 radical (unpaired) electrons. The fourth-order valence-electron chi connectivity index (χ4n) is 2.59. The number of hydrogen-bond donors (Lipinski definition) is 0. The highest BCUT2D eigenvalue weighted by molar-refractivity contribution is 5.68. The lowest BCUT2D eigenvalue weighted by atomic mass is 10.1. The van der Waals surface area contributed by atoms with E-state index in [1.165, 1.54) is 38.5 Å². The van der Waals surface area contributed by atoms with E-state index < -0.39 is 0 Å². The fraction of sp³-hybridized carbons (Fsp3) is 0.938. The van der Waals surface area contributed by atoms with Gasteiger partial charge >= 0.3 is 5.91 Å². The minimum atomic E-state index is 0.477. The molecule has 0 aromatic carbocycles. The van der Waals surface area contributed by atoms with Gasteiger partial charge in [0, 0.05) is 0 Å². The summed E-state index contributed by atoms with van der Waals surface area (Å²) in [7, 11) is 0. The lowest BCUT2D eigenvalue weighted by Crippen LogP contribution is -2.53. The Balaban J connectivity index is 4.13. The first-order chi connectivity index (χ1) is 8.66. The van der Waals surface area contributed by atoms with Gasteiger partial charge in [-0.15, -0.1) is 0 Å². The van der Waals surface area contributed by atoms with Gasteiger partial charge in [-0.25, -0.2) is 4.79 Å². The van der Waals surface area contributed by atoms with Crippen LogP contribution in [0.2, 0.25) is 0 Å². The van der Waals surface area contributed by atoms with Crippen molar-refractivity contribution in [3.63, 3.8) is 0 Å². The Morgan fingerprint density at radius 3 is 1.83 bits per heavy atom. The molecule has 0 atom stereocenters. The molecule has 108 valence electrons. The Morgan fingerprint density at radius 1 is 0.778 bits per heavy atom. The minimum absolute atomic E-state index is 0.477. The molecule has 0 spiro atoms. The molecular weight excluding hydrogens is 222 g/mol. The van der Waals surface area contributed by atoms with Crippen molar-refractivity contribution in [3.8, 4) is 0 Å². The first kappa shape index (κ1) is 17.6. The number of rotatable bonds is 11. The van der Waals surface area contributed by atoms with E-state index in [1.54, 1.807) is 0 Å². The smallest absolute Gasteiger partial charge is 0.261 e. The summed E-state index contributed by atoms with van der Waals surface area (Å²) in [6.07, 6.45) is 9.32. The van der Waals surface area contributed by atoms with Crippen molar-refractivity contribution in [2.24, 2.45) is 0 Å². The summed E-state index contributed by atoms with van der Waals surface area (Å²) in [4.78, 5) is 12.4. The molecule has 0 saturated heterocycles. The zero-order valence-corrected chi connectivity index (χ0v) is 13.1. The maximum Gasteiger partial charge on any atom is 0.313 e. The zero-order valence-electron chi connectivity index (χ0n) is 13.1. The molecule has 0 aliphatic rings. The van der Waals surface area contributed by atoms with Gasteiger partial charge in [0.1, 0.15) is 0 Å². The van der Waals surface area contributed by atoms with Crippen molar-refractivity contribution in [2.45, 2.75) is 79.1 Å². The van der Waals surface area contributed by atoms with Gasteiger partial charge in [0.05, 0.1) is 26.1 Å². The number of quaternary nitrogens is 1. The highest BCUT2D eigenvalue weighted by Crippen LogP contribution is 2.15. The van der Waals surface area contributed by atoms with Crippen molar-refractivity contribution < 1.29 is 9.28 Å². The van der Waals surface area contributed by atoms with Gasteiger partial charge in [0.25, 0.3) is 0 Å². The first-order valence-electron chi connectivity index (χ1n) is 8.06. The van der Waals surface area contributed by atoms with Gasteiger partial charge in [-0.1, -0.05) is 46.0 Å². The van der Waals surface area contributed by atoms with Crippen LogP contribution >= 0.6 is 0 Å². The predicted octanol–water partition coefficient (Wildman–Crippen LogP) is 4.53. The summed E-state index contributed by atoms with van der Waals surface area (Å²) in [6.45, 7) is 11.7. The highest BCUT2D eigenvalue weighted by atomic mass is 16.2. The van der Waals surface area contributed by atoms with Crippen LogP contribution in [0.25, 0.3) is 0 Å². The van der Waals surface area contributed by atoms with Crippen LogP contribution in [-0.4, -0.2) is 30.0 Å². The van der Waals surface area contributed by atoms with Crippen molar-refractivity contribution in [1.82, 2.24) is 0 Å². The Morgan fingerprint density at radius 2 is 1.33 bits per heavy atom. The second-order valence-corrected chi connectivity index (χ2v) is 5.41. The highest BCUT2D eigenvalue weighted by Gasteiger charge is 2.31. The zero-order chi connectivity index (χ0) is 13.9. The van der Waals surface area contributed by atoms with Crippen LogP contribution in [0.15, 0.2) is 0 Å². The standard InChI is InChI=1S/C16H34NO/c1-5-9-11-12-13-14-16(18)17(7-3,8-4)15-10-6-2/h5-15H2,1-4H3/q+1. The third-order valence-corrected chi connectivity index (χ3v) is 4.17. The molecule has 0 rings (SSSR count). The summed E-state index contributed by atoms with van der Waals surface area (Å²) in [5.41, 5.74) is 0. The van der Waals surface area contributed by atoms with Crippen LogP contribution in [0.3, 0.4) is 0 Å². The maximum absolute atomic E-state index is 12.4. The Bertz CT molecular complexity index is 209. The predicted molar refractivity (Wildman–Crippen MR) is 79.5 cm³/mol. The minimum Gasteiger partial charge on any atom is -0.261 e. The lowest BCUT2D eigenvalue weighted by molar-refractivity contribution is -0.851. The molecule has 0 fully saturated rings. The Labute approximate surface area is 114 Å². The van der Waals surface area contributed by atoms with Crippen LogP contribution < -0.4 is 0 Å². The van der Waals surface area contributed by atoms with Crippen molar-refractivity contribution in [3.05, 3.63) is 0 Å². The molecule has 0 aliphatic carbocycles. The third kappa shape index (κ3) is 5.99. The van der Waals surface area contributed by atoms with Crippen LogP contribution in [0.1, 0.15) is 79.1 Å². The number of amides is 1. The Hall–Kier alpha value is -0.370. The van der Waals surface area contributed by atoms with Crippen LogP contribution in [0.4, 0.5) is 0 Å². The van der Waals surface area contributed by atoms with E-state index in [1.807, 2.05) is 0 Å². The third-order valence-electron chi connectivity index (χ3n) is 4.17. The molecule has 1 amide bonds. The van der Waals surface area contributed by atoms with Crippen molar-refractivity contribution in [2.75, 3.05) is 19.6 Å². The summed E-state index contributed by atoms with van der Waals surface area (Å²) in [5, 5.41) is 0. The molecule has 0 aromatic heterocycles. The summed E-state index contributed by atoms with van der Waals surface area (Å²) in [5.74, 6) is 0.477. The van der Waals surface area contributed by atoms with Crippen LogP contribution in [-0.2, 0) is 4.79 Å². The molecule has 18 heavy (non-hydrogen) atoms. The number of carbonyl (C=O) groups excluding carboxylic acids is 1. The van der Waals surface area contributed by atoms with Crippen LogP contribution in [0, 0.1) is 0 Å². The van der Waals surface area contributed by atoms with E-state index >= 15 is 0 Å². The Kier molecular flexibility index (Phi) is 10.3. The molecule has 0 saturated carbocycles. The van der Waals surface area contributed by atoms with E-state index in [4.69, 9.17) is 0 Å². The number of unbranched alkanes of at least 4 members (excludes halogenated alkanes) is 5. The van der Waals surface area contributed by atoms with Gasteiger partial charge in [0.2, 0.25) is 0 Å². The summed E-state index contributed by atoms with van der Waals surface area (Å²) in [6, 6.07) is 0.